The predicted molar refractivity (Wildman–Crippen MR) is 84.2 cm³/mol. The van der Waals surface area contributed by atoms with E-state index in [-0.39, 0.29) is 0 Å². The summed E-state index contributed by atoms with van der Waals surface area (Å²) >= 11 is 0. The third-order valence-electron chi connectivity index (χ3n) is 3.44. The number of para-hydroxylation sites is 1. The number of nitrogens with zero attached hydrogens (tertiary/aromatic N) is 1. The zero-order chi connectivity index (χ0) is 13.9. The molecule has 2 N–H and O–H groups in total. The number of rotatable bonds is 4. The first-order valence-corrected chi connectivity index (χ1v) is 6.97. The molecule has 0 aliphatic carbocycles. The number of H-pyrrole nitrogens is 1. The van der Waals surface area contributed by atoms with Gasteiger partial charge >= 0.3 is 0 Å². The SMILES string of the molecule is Cc1cc(C)c2nc(CCNc3ccccc3)[nH]c2c1. The average Bonchev–Trinajstić information content (AvgIpc) is 2.83. The molecule has 3 heteroatoms. The Hall–Kier alpha value is -2.29. The number of aryl methyl sites for hydroxylation is 2. The second kappa shape index (κ2) is 5.37. The van der Waals surface area contributed by atoms with E-state index < -0.39 is 0 Å². The topological polar surface area (TPSA) is 40.7 Å². The van der Waals surface area contributed by atoms with E-state index in [0.29, 0.717) is 0 Å². The Balaban J connectivity index is 1.70. The number of aromatic amines is 1. The zero-order valence-corrected chi connectivity index (χ0v) is 11.9. The lowest BCUT2D eigenvalue weighted by Crippen LogP contribution is -2.05. The average molecular weight is 265 g/mol. The van der Waals surface area contributed by atoms with E-state index in [0.717, 1.165) is 35.5 Å². The summed E-state index contributed by atoms with van der Waals surface area (Å²) in [5.41, 5.74) is 5.88. The number of fused-ring (bicyclic) bond motifs is 1. The van der Waals surface area contributed by atoms with E-state index in [4.69, 9.17) is 0 Å². The van der Waals surface area contributed by atoms with Gasteiger partial charge in [0.15, 0.2) is 0 Å². The molecule has 0 bridgehead atoms. The Bertz CT molecular complexity index is 714. The van der Waals surface area contributed by atoms with Gasteiger partial charge in [0.1, 0.15) is 5.82 Å². The Labute approximate surface area is 119 Å². The van der Waals surface area contributed by atoms with E-state index >= 15 is 0 Å². The van der Waals surface area contributed by atoms with Crippen LogP contribution in [0.5, 0.6) is 0 Å². The lowest BCUT2D eigenvalue weighted by Gasteiger charge is -2.03. The highest BCUT2D eigenvalue weighted by Gasteiger charge is 2.05. The van der Waals surface area contributed by atoms with Gasteiger partial charge in [-0.25, -0.2) is 4.98 Å². The number of aromatic nitrogens is 2. The van der Waals surface area contributed by atoms with Gasteiger partial charge < -0.3 is 10.3 Å². The fourth-order valence-electron chi connectivity index (χ4n) is 2.52. The van der Waals surface area contributed by atoms with Crippen molar-refractivity contribution in [3.8, 4) is 0 Å². The van der Waals surface area contributed by atoms with Crippen LogP contribution in [0.15, 0.2) is 42.5 Å². The highest BCUT2D eigenvalue weighted by molar-refractivity contribution is 5.79. The molecule has 1 heterocycles. The molecular weight excluding hydrogens is 246 g/mol. The minimum absolute atomic E-state index is 0.877. The predicted octanol–water partition coefficient (Wildman–Crippen LogP) is 3.83. The van der Waals surface area contributed by atoms with Gasteiger partial charge in [-0.3, -0.25) is 0 Å². The largest absolute Gasteiger partial charge is 0.385 e. The molecule has 0 radical (unpaired) electrons. The number of anilines is 1. The van der Waals surface area contributed by atoms with Crippen molar-refractivity contribution in [2.45, 2.75) is 20.3 Å². The molecule has 20 heavy (non-hydrogen) atoms. The molecule has 0 aliphatic heterocycles. The first-order valence-electron chi connectivity index (χ1n) is 6.97. The Morgan fingerprint density at radius 2 is 1.90 bits per heavy atom. The van der Waals surface area contributed by atoms with Crippen molar-refractivity contribution in [1.82, 2.24) is 9.97 Å². The number of hydrogen-bond donors (Lipinski definition) is 2. The molecule has 0 aliphatic rings. The molecule has 0 spiro atoms. The maximum atomic E-state index is 4.69. The molecule has 0 amide bonds. The van der Waals surface area contributed by atoms with E-state index in [2.05, 4.69) is 53.4 Å². The second-order valence-electron chi connectivity index (χ2n) is 5.20. The summed E-state index contributed by atoms with van der Waals surface area (Å²) in [7, 11) is 0. The quantitative estimate of drug-likeness (QED) is 0.752. The number of nitrogens with one attached hydrogen (secondary N) is 2. The Morgan fingerprint density at radius 3 is 2.70 bits per heavy atom. The normalized spacial score (nSPS) is 10.9. The van der Waals surface area contributed by atoms with Crippen LogP contribution in [0, 0.1) is 13.8 Å². The summed E-state index contributed by atoms with van der Waals surface area (Å²) in [4.78, 5) is 8.10. The third-order valence-corrected chi connectivity index (χ3v) is 3.44. The van der Waals surface area contributed by atoms with E-state index in [1.54, 1.807) is 0 Å². The van der Waals surface area contributed by atoms with Crippen LogP contribution in [0.3, 0.4) is 0 Å². The summed E-state index contributed by atoms with van der Waals surface area (Å²) in [6, 6.07) is 14.6. The van der Waals surface area contributed by atoms with Crippen molar-refractivity contribution >= 4 is 16.7 Å². The first-order chi connectivity index (χ1) is 9.72. The Morgan fingerprint density at radius 1 is 1.10 bits per heavy atom. The monoisotopic (exact) mass is 265 g/mol. The van der Waals surface area contributed by atoms with Gasteiger partial charge in [-0.2, -0.15) is 0 Å². The number of hydrogen-bond acceptors (Lipinski definition) is 2. The van der Waals surface area contributed by atoms with Crippen LogP contribution in [0.2, 0.25) is 0 Å². The maximum Gasteiger partial charge on any atom is 0.109 e. The van der Waals surface area contributed by atoms with Gasteiger partial charge in [0, 0.05) is 18.7 Å². The van der Waals surface area contributed by atoms with Crippen LogP contribution in [0.4, 0.5) is 5.69 Å². The molecule has 1 aromatic heterocycles. The molecule has 0 fully saturated rings. The van der Waals surface area contributed by atoms with E-state index in [1.807, 2.05) is 18.2 Å². The van der Waals surface area contributed by atoms with Crippen LogP contribution >= 0.6 is 0 Å². The molecule has 102 valence electrons. The summed E-state index contributed by atoms with van der Waals surface area (Å²) in [6.45, 7) is 5.11. The summed E-state index contributed by atoms with van der Waals surface area (Å²) < 4.78 is 0. The maximum absolute atomic E-state index is 4.69. The van der Waals surface area contributed by atoms with Crippen LogP contribution in [-0.4, -0.2) is 16.5 Å². The van der Waals surface area contributed by atoms with Crippen LogP contribution < -0.4 is 5.32 Å². The van der Waals surface area contributed by atoms with Crippen molar-refractivity contribution in [2.24, 2.45) is 0 Å². The molecule has 0 saturated carbocycles. The molecule has 3 nitrogen and oxygen atoms in total. The second-order valence-corrected chi connectivity index (χ2v) is 5.20. The minimum atomic E-state index is 0.877. The fourth-order valence-corrected chi connectivity index (χ4v) is 2.52. The van der Waals surface area contributed by atoms with Gasteiger partial charge in [-0.15, -0.1) is 0 Å². The standard InChI is InChI=1S/C17H19N3/c1-12-10-13(2)17-15(11-12)19-16(20-17)8-9-18-14-6-4-3-5-7-14/h3-7,10-11,18H,8-9H2,1-2H3,(H,19,20). The highest BCUT2D eigenvalue weighted by Crippen LogP contribution is 2.18. The van der Waals surface area contributed by atoms with E-state index in [9.17, 15) is 0 Å². The number of imidazole rings is 1. The molecule has 0 unspecified atom stereocenters. The van der Waals surface area contributed by atoms with Crippen molar-refractivity contribution in [1.29, 1.82) is 0 Å². The van der Waals surface area contributed by atoms with Crippen LogP contribution in [-0.2, 0) is 6.42 Å². The Kier molecular flexibility index (Phi) is 3.42. The lowest BCUT2D eigenvalue weighted by atomic mass is 10.1. The smallest absolute Gasteiger partial charge is 0.109 e. The van der Waals surface area contributed by atoms with Gasteiger partial charge in [0.05, 0.1) is 11.0 Å². The van der Waals surface area contributed by atoms with Gasteiger partial charge in [0.2, 0.25) is 0 Å². The van der Waals surface area contributed by atoms with Crippen molar-refractivity contribution in [2.75, 3.05) is 11.9 Å². The lowest BCUT2D eigenvalue weighted by molar-refractivity contribution is 0.934. The van der Waals surface area contributed by atoms with Crippen LogP contribution in [0.25, 0.3) is 11.0 Å². The van der Waals surface area contributed by atoms with Gasteiger partial charge in [0.25, 0.3) is 0 Å². The molecule has 3 aromatic rings. The van der Waals surface area contributed by atoms with Crippen LogP contribution in [0.1, 0.15) is 17.0 Å². The van der Waals surface area contributed by atoms with Gasteiger partial charge in [-0.1, -0.05) is 24.3 Å². The molecule has 0 atom stereocenters. The third kappa shape index (κ3) is 2.67. The van der Waals surface area contributed by atoms with E-state index in [1.165, 1.54) is 11.1 Å². The van der Waals surface area contributed by atoms with Gasteiger partial charge in [-0.05, 0) is 43.2 Å². The first kappa shape index (κ1) is 12.7. The summed E-state index contributed by atoms with van der Waals surface area (Å²) in [6.07, 6.45) is 0.891. The fraction of sp³-hybridized carbons (Fsp3) is 0.235. The zero-order valence-electron chi connectivity index (χ0n) is 11.9. The van der Waals surface area contributed by atoms with Crippen molar-refractivity contribution in [3.05, 3.63) is 59.4 Å². The molecule has 3 rings (SSSR count). The summed E-state index contributed by atoms with van der Waals surface area (Å²) in [5.74, 6) is 1.04. The number of benzene rings is 2. The molecule has 2 aromatic carbocycles. The molecular formula is C17H19N3. The minimum Gasteiger partial charge on any atom is -0.385 e. The highest BCUT2D eigenvalue weighted by atomic mass is 14.9. The van der Waals surface area contributed by atoms with Crippen molar-refractivity contribution < 1.29 is 0 Å². The molecule has 0 saturated heterocycles. The van der Waals surface area contributed by atoms with Crippen molar-refractivity contribution in [3.63, 3.8) is 0 Å². The summed E-state index contributed by atoms with van der Waals surface area (Å²) in [5, 5.41) is 3.40.